The average molecular weight is 152 g/mol. The number of rotatable bonds is 0. The van der Waals surface area contributed by atoms with Crippen LogP contribution in [-0.2, 0) is 9.53 Å². The molecule has 0 aliphatic carbocycles. The normalized spacial score (nSPS) is 25.8. The molecule has 1 saturated heterocycles. The minimum absolute atomic E-state index is 0.122. The second kappa shape index (κ2) is 3.37. The van der Waals surface area contributed by atoms with Gasteiger partial charge >= 0.3 is 5.97 Å². The summed E-state index contributed by atoms with van der Waals surface area (Å²) in [5.74, 6) is 0.604. The fraction of sp³-hybridized carbons (Fsp3) is 0.444. The van der Waals surface area contributed by atoms with Gasteiger partial charge in [-0.3, -0.25) is 4.79 Å². The predicted molar refractivity (Wildman–Crippen MR) is 42.8 cm³/mol. The highest BCUT2D eigenvalue weighted by Gasteiger charge is 2.17. The lowest BCUT2D eigenvalue weighted by Crippen LogP contribution is -2.12. The molecule has 1 fully saturated rings. The maximum Gasteiger partial charge on any atom is 0.311 e. The fourth-order valence-corrected chi connectivity index (χ4v) is 1.13. The molecule has 2 heteroatoms. The maximum atomic E-state index is 10.8. The molecule has 0 amide bonds. The van der Waals surface area contributed by atoms with E-state index in [4.69, 9.17) is 4.74 Å². The van der Waals surface area contributed by atoms with Crippen LogP contribution in [0.5, 0.6) is 0 Å². The van der Waals surface area contributed by atoms with Crippen molar-refractivity contribution < 1.29 is 9.53 Å². The molecule has 0 aromatic carbocycles. The van der Waals surface area contributed by atoms with Gasteiger partial charge in [-0.15, -0.1) is 0 Å². The molecule has 0 aromatic heterocycles. The first-order chi connectivity index (χ1) is 5.27. The molecule has 0 bridgehead atoms. The van der Waals surface area contributed by atoms with E-state index in [2.05, 4.69) is 0 Å². The van der Waals surface area contributed by atoms with Crippen molar-refractivity contribution in [2.24, 2.45) is 0 Å². The standard InChI is InChI=1S/C9H12O2/c1-3-7-5-6-9(10)11-8(7)4-2/h3-4H,5-6H2,1-2H3/b7-3-,8-4+. The van der Waals surface area contributed by atoms with E-state index in [0.717, 1.165) is 17.8 Å². The van der Waals surface area contributed by atoms with Gasteiger partial charge in [-0.1, -0.05) is 6.08 Å². The van der Waals surface area contributed by atoms with Crippen molar-refractivity contribution in [1.29, 1.82) is 0 Å². The molecule has 60 valence electrons. The molecule has 11 heavy (non-hydrogen) atoms. The fourth-order valence-electron chi connectivity index (χ4n) is 1.13. The van der Waals surface area contributed by atoms with Crippen LogP contribution in [-0.4, -0.2) is 5.97 Å². The van der Waals surface area contributed by atoms with Crippen LogP contribution in [0.25, 0.3) is 0 Å². The van der Waals surface area contributed by atoms with Gasteiger partial charge in [-0.2, -0.15) is 0 Å². The zero-order valence-electron chi connectivity index (χ0n) is 6.89. The summed E-state index contributed by atoms with van der Waals surface area (Å²) in [5, 5.41) is 0. The van der Waals surface area contributed by atoms with Crippen LogP contribution >= 0.6 is 0 Å². The Morgan fingerprint density at radius 3 is 2.55 bits per heavy atom. The van der Waals surface area contributed by atoms with Crippen molar-refractivity contribution >= 4 is 5.97 Å². The molecule has 1 rings (SSSR count). The molecular weight excluding hydrogens is 140 g/mol. The molecule has 2 nitrogen and oxygen atoms in total. The number of carbonyl (C=O) groups is 1. The first kappa shape index (κ1) is 8.05. The average Bonchev–Trinajstić information content (AvgIpc) is 2.04. The molecule has 0 aromatic rings. The molecular formula is C9H12O2. The lowest BCUT2D eigenvalue weighted by Gasteiger charge is -2.16. The third-order valence-electron chi connectivity index (χ3n) is 1.75. The van der Waals surface area contributed by atoms with Crippen LogP contribution < -0.4 is 0 Å². The largest absolute Gasteiger partial charge is 0.427 e. The third-order valence-corrected chi connectivity index (χ3v) is 1.75. The SMILES string of the molecule is C/C=C1/CCC(=O)O/C1=C/C. The minimum Gasteiger partial charge on any atom is -0.427 e. The summed E-state index contributed by atoms with van der Waals surface area (Å²) in [7, 11) is 0. The van der Waals surface area contributed by atoms with Gasteiger partial charge in [0, 0.05) is 0 Å². The van der Waals surface area contributed by atoms with Gasteiger partial charge in [0.2, 0.25) is 0 Å². The zero-order chi connectivity index (χ0) is 8.27. The van der Waals surface area contributed by atoms with Crippen LogP contribution in [0.3, 0.4) is 0 Å². The van der Waals surface area contributed by atoms with Crippen molar-refractivity contribution in [2.75, 3.05) is 0 Å². The molecule has 0 atom stereocenters. The smallest absolute Gasteiger partial charge is 0.311 e. The van der Waals surface area contributed by atoms with Crippen LogP contribution in [0.4, 0.5) is 0 Å². The first-order valence-corrected chi connectivity index (χ1v) is 3.80. The van der Waals surface area contributed by atoms with Gasteiger partial charge < -0.3 is 4.74 Å². The van der Waals surface area contributed by atoms with E-state index in [1.807, 2.05) is 26.0 Å². The number of carbonyl (C=O) groups excluding carboxylic acids is 1. The molecule has 0 unspecified atom stereocenters. The Labute approximate surface area is 66.5 Å². The molecule has 0 radical (unpaired) electrons. The molecule has 0 N–H and O–H groups in total. The Balaban J connectivity index is 2.79. The van der Waals surface area contributed by atoms with Crippen LogP contribution in [0, 0.1) is 0 Å². The Morgan fingerprint density at radius 2 is 2.00 bits per heavy atom. The van der Waals surface area contributed by atoms with E-state index < -0.39 is 0 Å². The predicted octanol–water partition coefficient (Wildman–Crippen LogP) is 2.17. The number of ether oxygens (including phenoxy) is 1. The third kappa shape index (κ3) is 1.70. The van der Waals surface area contributed by atoms with Gasteiger partial charge in [0.05, 0.1) is 6.42 Å². The number of hydrogen-bond acceptors (Lipinski definition) is 2. The number of cyclic esters (lactones) is 1. The highest BCUT2D eigenvalue weighted by molar-refractivity contribution is 5.73. The summed E-state index contributed by atoms with van der Waals surface area (Å²) < 4.78 is 4.99. The summed E-state index contributed by atoms with van der Waals surface area (Å²) in [6, 6.07) is 0. The van der Waals surface area contributed by atoms with Gasteiger partial charge in [-0.05, 0) is 31.9 Å². The van der Waals surface area contributed by atoms with E-state index in [1.54, 1.807) is 0 Å². The summed E-state index contributed by atoms with van der Waals surface area (Å²) in [6.45, 7) is 3.83. The highest BCUT2D eigenvalue weighted by atomic mass is 16.5. The quantitative estimate of drug-likeness (QED) is 0.497. The monoisotopic (exact) mass is 152 g/mol. The molecule has 1 aliphatic heterocycles. The second-order valence-electron chi connectivity index (χ2n) is 2.44. The van der Waals surface area contributed by atoms with E-state index in [1.165, 1.54) is 0 Å². The van der Waals surface area contributed by atoms with Gasteiger partial charge in [0.15, 0.2) is 0 Å². The molecule has 0 spiro atoms. The number of hydrogen-bond donors (Lipinski definition) is 0. The molecule has 1 heterocycles. The Morgan fingerprint density at radius 1 is 1.27 bits per heavy atom. The lowest BCUT2D eigenvalue weighted by atomic mass is 10.1. The van der Waals surface area contributed by atoms with Crippen LogP contribution in [0.2, 0.25) is 0 Å². The van der Waals surface area contributed by atoms with E-state index >= 15 is 0 Å². The first-order valence-electron chi connectivity index (χ1n) is 3.80. The van der Waals surface area contributed by atoms with E-state index in [-0.39, 0.29) is 5.97 Å². The maximum absolute atomic E-state index is 10.8. The van der Waals surface area contributed by atoms with Gasteiger partial charge in [0.25, 0.3) is 0 Å². The Hall–Kier alpha value is -1.05. The zero-order valence-corrected chi connectivity index (χ0v) is 6.89. The van der Waals surface area contributed by atoms with Crippen molar-refractivity contribution in [1.82, 2.24) is 0 Å². The van der Waals surface area contributed by atoms with Crippen molar-refractivity contribution in [3.05, 3.63) is 23.5 Å². The minimum atomic E-state index is -0.122. The summed E-state index contributed by atoms with van der Waals surface area (Å²) in [6.07, 6.45) is 5.14. The van der Waals surface area contributed by atoms with Crippen molar-refractivity contribution in [3.8, 4) is 0 Å². The highest BCUT2D eigenvalue weighted by Crippen LogP contribution is 2.23. The Bertz CT molecular complexity index is 224. The Kier molecular flexibility index (Phi) is 2.47. The van der Waals surface area contributed by atoms with Gasteiger partial charge in [-0.25, -0.2) is 0 Å². The molecule has 0 saturated carbocycles. The summed E-state index contributed by atoms with van der Waals surface area (Å²) in [4.78, 5) is 10.8. The lowest BCUT2D eigenvalue weighted by molar-refractivity contribution is -0.140. The number of allylic oxidation sites excluding steroid dienone is 3. The topological polar surface area (TPSA) is 26.3 Å². The number of esters is 1. The summed E-state index contributed by atoms with van der Waals surface area (Å²) in [5.41, 5.74) is 1.13. The van der Waals surface area contributed by atoms with Gasteiger partial charge in [0.1, 0.15) is 5.76 Å². The van der Waals surface area contributed by atoms with E-state index in [9.17, 15) is 4.79 Å². The van der Waals surface area contributed by atoms with Crippen LogP contribution in [0.15, 0.2) is 23.5 Å². The van der Waals surface area contributed by atoms with E-state index in [0.29, 0.717) is 6.42 Å². The van der Waals surface area contributed by atoms with Crippen molar-refractivity contribution in [3.63, 3.8) is 0 Å². The van der Waals surface area contributed by atoms with Crippen molar-refractivity contribution in [2.45, 2.75) is 26.7 Å². The summed E-state index contributed by atoms with van der Waals surface area (Å²) >= 11 is 0. The van der Waals surface area contributed by atoms with Crippen LogP contribution in [0.1, 0.15) is 26.7 Å². The molecule has 1 aliphatic rings. The second-order valence-corrected chi connectivity index (χ2v) is 2.44.